The lowest BCUT2D eigenvalue weighted by atomic mass is 9.84. The van der Waals surface area contributed by atoms with E-state index in [0.717, 1.165) is 29.8 Å². The zero-order valence-corrected chi connectivity index (χ0v) is 13.1. The molecule has 1 aromatic carbocycles. The molecule has 3 heteroatoms. The molecule has 2 rings (SSSR count). The van der Waals surface area contributed by atoms with E-state index in [2.05, 4.69) is 51.9 Å². The monoisotopic (exact) mass is 272 g/mol. The van der Waals surface area contributed by atoms with Crippen molar-refractivity contribution < 1.29 is 5.11 Å². The van der Waals surface area contributed by atoms with Crippen LogP contribution in [0.25, 0.3) is 11.3 Å². The summed E-state index contributed by atoms with van der Waals surface area (Å²) in [6.07, 6.45) is 0.950. The van der Waals surface area contributed by atoms with Gasteiger partial charge in [-0.05, 0) is 24.3 Å². The molecule has 0 fully saturated rings. The molecule has 0 saturated heterocycles. The fourth-order valence-corrected chi connectivity index (χ4v) is 2.54. The van der Waals surface area contributed by atoms with E-state index in [4.69, 9.17) is 0 Å². The Hall–Kier alpha value is -1.77. The molecule has 0 radical (unpaired) electrons. The van der Waals surface area contributed by atoms with E-state index in [0.29, 0.717) is 5.88 Å². The van der Waals surface area contributed by atoms with Crippen LogP contribution in [0.4, 0.5) is 0 Å². The summed E-state index contributed by atoms with van der Waals surface area (Å²) in [6, 6.07) is 8.20. The highest BCUT2D eigenvalue weighted by Crippen LogP contribution is 2.39. The quantitative estimate of drug-likeness (QED) is 0.906. The number of aromatic hydroxyl groups is 1. The predicted molar refractivity (Wildman–Crippen MR) is 83.1 cm³/mol. The lowest BCUT2D eigenvalue weighted by Gasteiger charge is -2.19. The fraction of sp³-hybridized carbons (Fsp3) is 0.471. The number of aryl methyl sites for hydroxylation is 2. The van der Waals surface area contributed by atoms with Crippen molar-refractivity contribution in [1.82, 2.24) is 9.78 Å². The molecule has 0 aliphatic heterocycles. The summed E-state index contributed by atoms with van der Waals surface area (Å²) in [4.78, 5) is 0. The van der Waals surface area contributed by atoms with Gasteiger partial charge in [0.2, 0.25) is 5.88 Å². The molecule has 0 saturated carbocycles. The third-order valence-electron chi connectivity index (χ3n) is 3.51. The molecule has 0 aliphatic carbocycles. The van der Waals surface area contributed by atoms with Crippen molar-refractivity contribution in [2.24, 2.45) is 0 Å². The number of aromatic nitrogens is 2. The van der Waals surface area contributed by atoms with E-state index in [1.54, 1.807) is 4.68 Å². The molecule has 20 heavy (non-hydrogen) atoms. The van der Waals surface area contributed by atoms with Crippen LogP contribution in [0.2, 0.25) is 0 Å². The normalized spacial score (nSPS) is 11.8. The van der Waals surface area contributed by atoms with Gasteiger partial charge in [-0.3, -0.25) is 0 Å². The summed E-state index contributed by atoms with van der Waals surface area (Å²) in [5.74, 6) is 0.303. The number of hydrogen-bond donors (Lipinski definition) is 1. The van der Waals surface area contributed by atoms with Gasteiger partial charge in [-0.2, -0.15) is 5.10 Å². The average Bonchev–Trinajstić information content (AvgIpc) is 2.67. The first kappa shape index (κ1) is 14.6. The highest BCUT2D eigenvalue weighted by Gasteiger charge is 2.28. The summed E-state index contributed by atoms with van der Waals surface area (Å²) in [5, 5.41) is 15.2. The first-order chi connectivity index (χ1) is 9.36. The van der Waals surface area contributed by atoms with Crippen LogP contribution in [0, 0.1) is 6.92 Å². The van der Waals surface area contributed by atoms with Crippen molar-refractivity contribution in [2.45, 2.75) is 53.0 Å². The molecule has 108 valence electrons. The summed E-state index contributed by atoms with van der Waals surface area (Å²) < 4.78 is 1.72. The first-order valence-electron chi connectivity index (χ1n) is 7.22. The van der Waals surface area contributed by atoms with Gasteiger partial charge in [0.15, 0.2) is 0 Å². The van der Waals surface area contributed by atoms with E-state index in [1.807, 2.05) is 12.1 Å². The Morgan fingerprint density at radius 2 is 1.85 bits per heavy atom. The Morgan fingerprint density at radius 1 is 1.20 bits per heavy atom. The van der Waals surface area contributed by atoms with Crippen molar-refractivity contribution in [1.29, 1.82) is 0 Å². The van der Waals surface area contributed by atoms with Crippen LogP contribution < -0.4 is 0 Å². The minimum atomic E-state index is -0.145. The maximum absolute atomic E-state index is 10.5. The number of benzene rings is 1. The Morgan fingerprint density at radius 3 is 2.40 bits per heavy atom. The SMILES string of the molecule is CCCn1nc(-c2ccccc2C)c(C(C)(C)C)c1O. The van der Waals surface area contributed by atoms with Gasteiger partial charge in [-0.25, -0.2) is 4.68 Å². The zero-order valence-electron chi connectivity index (χ0n) is 13.1. The molecular weight excluding hydrogens is 248 g/mol. The Kier molecular flexibility index (Phi) is 3.89. The second kappa shape index (κ2) is 5.31. The van der Waals surface area contributed by atoms with E-state index in [1.165, 1.54) is 5.56 Å². The average molecular weight is 272 g/mol. The Bertz CT molecular complexity index is 606. The zero-order chi connectivity index (χ0) is 14.9. The molecule has 3 nitrogen and oxygen atoms in total. The van der Waals surface area contributed by atoms with Gasteiger partial charge in [0.25, 0.3) is 0 Å². The van der Waals surface area contributed by atoms with Crippen molar-refractivity contribution in [3.63, 3.8) is 0 Å². The molecule has 0 unspecified atom stereocenters. The summed E-state index contributed by atoms with van der Waals surface area (Å²) >= 11 is 0. The molecule has 1 N–H and O–H groups in total. The van der Waals surface area contributed by atoms with E-state index >= 15 is 0 Å². The van der Waals surface area contributed by atoms with E-state index < -0.39 is 0 Å². The van der Waals surface area contributed by atoms with Crippen LogP contribution in [0.3, 0.4) is 0 Å². The highest BCUT2D eigenvalue weighted by molar-refractivity contribution is 5.70. The third-order valence-corrected chi connectivity index (χ3v) is 3.51. The predicted octanol–water partition coefficient (Wildman–Crippen LogP) is 4.27. The second-order valence-corrected chi connectivity index (χ2v) is 6.34. The fourth-order valence-electron chi connectivity index (χ4n) is 2.54. The van der Waals surface area contributed by atoms with Crippen LogP contribution in [0.15, 0.2) is 24.3 Å². The molecule has 1 aromatic heterocycles. The van der Waals surface area contributed by atoms with Crippen LogP contribution in [0.5, 0.6) is 5.88 Å². The molecule has 0 spiro atoms. The van der Waals surface area contributed by atoms with Gasteiger partial charge in [-0.1, -0.05) is 52.0 Å². The number of rotatable bonds is 3. The second-order valence-electron chi connectivity index (χ2n) is 6.34. The van der Waals surface area contributed by atoms with Gasteiger partial charge in [-0.15, -0.1) is 0 Å². The molecule has 0 aliphatic rings. The van der Waals surface area contributed by atoms with Gasteiger partial charge in [0, 0.05) is 17.7 Å². The standard InChI is InChI=1S/C17H24N2O/c1-6-11-19-16(20)14(17(3,4)5)15(18-19)13-10-8-7-9-12(13)2/h7-10,20H,6,11H2,1-5H3. The molecule has 0 bridgehead atoms. The van der Waals surface area contributed by atoms with Gasteiger partial charge in [0.05, 0.1) is 0 Å². The Labute approximate surface area is 121 Å². The van der Waals surface area contributed by atoms with Crippen molar-refractivity contribution >= 4 is 0 Å². The molecule has 0 atom stereocenters. The lowest BCUT2D eigenvalue weighted by Crippen LogP contribution is -2.12. The molecule has 2 aromatic rings. The van der Waals surface area contributed by atoms with E-state index in [-0.39, 0.29) is 5.41 Å². The largest absolute Gasteiger partial charge is 0.493 e. The van der Waals surface area contributed by atoms with Crippen LogP contribution in [-0.4, -0.2) is 14.9 Å². The number of nitrogens with zero attached hydrogens (tertiary/aromatic N) is 2. The highest BCUT2D eigenvalue weighted by atomic mass is 16.3. The lowest BCUT2D eigenvalue weighted by molar-refractivity contribution is 0.383. The maximum atomic E-state index is 10.5. The summed E-state index contributed by atoms with van der Waals surface area (Å²) in [7, 11) is 0. The minimum absolute atomic E-state index is 0.145. The smallest absolute Gasteiger partial charge is 0.213 e. The molecular formula is C17H24N2O. The van der Waals surface area contributed by atoms with Crippen molar-refractivity contribution in [2.75, 3.05) is 0 Å². The maximum Gasteiger partial charge on any atom is 0.213 e. The van der Waals surface area contributed by atoms with Crippen molar-refractivity contribution in [3.8, 4) is 17.1 Å². The van der Waals surface area contributed by atoms with Crippen LogP contribution in [-0.2, 0) is 12.0 Å². The van der Waals surface area contributed by atoms with Crippen molar-refractivity contribution in [3.05, 3.63) is 35.4 Å². The molecule has 1 heterocycles. The first-order valence-corrected chi connectivity index (χ1v) is 7.22. The van der Waals surface area contributed by atoms with Crippen LogP contribution >= 0.6 is 0 Å². The summed E-state index contributed by atoms with van der Waals surface area (Å²) in [6.45, 7) is 11.2. The van der Waals surface area contributed by atoms with Crippen LogP contribution in [0.1, 0.15) is 45.2 Å². The van der Waals surface area contributed by atoms with Gasteiger partial charge in [0.1, 0.15) is 5.69 Å². The van der Waals surface area contributed by atoms with Gasteiger partial charge < -0.3 is 5.11 Å². The van der Waals surface area contributed by atoms with E-state index in [9.17, 15) is 5.11 Å². The number of hydrogen-bond acceptors (Lipinski definition) is 2. The third kappa shape index (κ3) is 2.58. The summed E-state index contributed by atoms with van der Waals surface area (Å²) in [5.41, 5.74) is 3.97. The Balaban J connectivity index is 2.69. The molecule has 0 amide bonds. The minimum Gasteiger partial charge on any atom is -0.493 e. The topological polar surface area (TPSA) is 38.0 Å². The van der Waals surface area contributed by atoms with Gasteiger partial charge >= 0.3 is 0 Å².